The minimum absolute atomic E-state index is 0.00817. The van der Waals surface area contributed by atoms with Gasteiger partial charge in [-0.3, -0.25) is 9.59 Å². The van der Waals surface area contributed by atoms with Crippen molar-refractivity contribution < 1.29 is 23.8 Å². The largest absolute Gasteiger partial charge is 0.491 e. The van der Waals surface area contributed by atoms with Gasteiger partial charge >= 0.3 is 0 Å². The summed E-state index contributed by atoms with van der Waals surface area (Å²) in [7, 11) is 0. The van der Waals surface area contributed by atoms with Crippen molar-refractivity contribution >= 4 is 17.5 Å². The molecule has 1 aliphatic heterocycles. The molecular formula is C22H25FN2O4. The van der Waals surface area contributed by atoms with Gasteiger partial charge in [-0.15, -0.1) is 0 Å². The number of rotatable bonds is 7. The summed E-state index contributed by atoms with van der Waals surface area (Å²) < 4.78 is 19.7. The molecule has 2 aromatic carbocycles. The number of aliphatic hydroxyl groups is 1. The van der Waals surface area contributed by atoms with Crippen LogP contribution in [0.15, 0.2) is 42.5 Å². The van der Waals surface area contributed by atoms with Gasteiger partial charge in [0.05, 0.1) is 11.6 Å². The molecule has 7 heteroatoms. The van der Waals surface area contributed by atoms with Crippen molar-refractivity contribution in [1.29, 1.82) is 0 Å². The van der Waals surface area contributed by atoms with Crippen LogP contribution >= 0.6 is 0 Å². The summed E-state index contributed by atoms with van der Waals surface area (Å²) in [6.45, 7) is 3.86. The predicted octanol–water partition coefficient (Wildman–Crippen LogP) is 2.35. The Labute approximate surface area is 169 Å². The molecule has 2 amide bonds. The molecule has 0 aromatic heterocycles. The van der Waals surface area contributed by atoms with Crippen LogP contribution in [0.1, 0.15) is 17.5 Å². The van der Waals surface area contributed by atoms with Crippen LogP contribution in [0, 0.1) is 25.6 Å². The number of hydrogen-bond acceptors (Lipinski definition) is 4. The maximum atomic E-state index is 14.2. The van der Waals surface area contributed by atoms with E-state index in [9.17, 15) is 19.1 Å². The molecule has 29 heavy (non-hydrogen) atoms. The van der Waals surface area contributed by atoms with Gasteiger partial charge in [0.1, 0.15) is 24.3 Å². The molecule has 2 aromatic rings. The zero-order valence-electron chi connectivity index (χ0n) is 16.5. The maximum absolute atomic E-state index is 14.2. The first-order valence-corrected chi connectivity index (χ1v) is 9.55. The fourth-order valence-electron chi connectivity index (χ4n) is 3.27. The van der Waals surface area contributed by atoms with Crippen molar-refractivity contribution in [3.8, 4) is 5.75 Å². The molecule has 1 saturated heterocycles. The highest BCUT2D eigenvalue weighted by Crippen LogP contribution is 2.28. The highest BCUT2D eigenvalue weighted by atomic mass is 19.1. The number of hydrogen-bond donors (Lipinski definition) is 2. The molecule has 1 aliphatic rings. The van der Waals surface area contributed by atoms with Crippen molar-refractivity contribution in [1.82, 2.24) is 5.32 Å². The lowest BCUT2D eigenvalue weighted by atomic mass is 10.1. The molecule has 1 heterocycles. The number of halogens is 1. The number of aryl methyl sites for hydroxylation is 2. The van der Waals surface area contributed by atoms with Crippen LogP contribution in [0.3, 0.4) is 0 Å². The minimum atomic E-state index is -0.887. The van der Waals surface area contributed by atoms with Gasteiger partial charge in [0.25, 0.3) is 0 Å². The first-order valence-electron chi connectivity index (χ1n) is 9.55. The normalized spacial score (nSPS) is 17.3. The van der Waals surface area contributed by atoms with Crippen LogP contribution in [-0.4, -0.2) is 42.7 Å². The van der Waals surface area contributed by atoms with Crippen LogP contribution in [0.4, 0.5) is 10.1 Å². The summed E-state index contributed by atoms with van der Waals surface area (Å²) >= 11 is 0. The van der Waals surface area contributed by atoms with Crippen LogP contribution in [0.2, 0.25) is 0 Å². The highest BCUT2D eigenvalue weighted by Gasteiger charge is 2.36. The van der Waals surface area contributed by atoms with E-state index in [0.29, 0.717) is 5.75 Å². The number of benzene rings is 2. The molecule has 3 rings (SSSR count). The molecule has 1 fully saturated rings. The lowest BCUT2D eigenvalue weighted by Gasteiger charge is -2.18. The van der Waals surface area contributed by atoms with Gasteiger partial charge in [0.2, 0.25) is 11.8 Å². The Bertz CT molecular complexity index is 902. The number of nitrogens with zero attached hydrogens (tertiary/aromatic N) is 1. The summed E-state index contributed by atoms with van der Waals surface area (Å²) in [4.78, 5) is 26.0. The van der Waals surface area contributed by atoms with E-state index in [1.54, 1.807) is 25.1 Å². The second-order valence-electron chi connectivity index (χ2n) is 7.39. The highest BCUT2D eigenvalue weighted by molar-refractivity contribution is 6.00. The van der Waals surface area contributed by atoms with E-state index in [-0.39, 0.29) is 43.6 Å². The second-order valence-corrected chi connectivity index (χ2v) is 7.39. The van der Waals surface area contributed by atoms with E-state index in [4.69, 9.17) is 4.74 Å². The summed E-state index contributed by atoms with van der Waals surface area (Å²) in [5.74, 6) is -1.07. The van der Waals surface area contributed by atoms with Gasteiger partial charge in [-0.1, -0.05) is 18.2 Å². The topological polar surface area (TPSA) is 78.9 Å². The zero-order valence-corrected chi connectivity index (χ0v) is 16.5. The predicted molar refractivity (Wildman–Crippen MR) is 107 cm³/mol. The van der Waals surface area contributed by atoms with Crippen LogP contribution in [0.25, 0.3) is 0 Å². The number of amides is 2. The third kappa shape index (κ3) is 5.32. The van der Waals surface area contributed by atoms with E-state index in [0.717, 1.165) is 11.1 Å². The molecule has 154 valence electrons. The molecule has 0 spiro atoms. The molecule has 2 atom stereocenters. The van der Waals surface area contributed by atoms with E-state index in [1.807, 2.05) is 25.1 Å². The quantitative estimate of drug-likeness (QED) is 0.748. The second kappa shape index (κ2) is 9.05. The third-order valence-corrected chi connectivity index (χ3v) is 4.83. The molecule has 2 unspecified atom stereocenters. The fourth-order valence-corrected chi connectivity index (χ4v) is 3.27. The van der Waals surface area contributed by atoms with Crippen molar-refractivity contribution in [2.45, 2.75) is 26.4 Å². The number of anilines is 1. The summed E-state index contributed by atoms with van der Waals surface area (Å²) in [6, 6.07) is 12.1. The van der Waals surface area contributed by atoms with Crippen molar-refractivity contribution in [3.05, 3.63) is 59.4 Å². The van der Waals surface area contributed by atoms with Crippen molar-refractivity contribution in [2.24, 2.45) is 5.92 Å². The number of nitrogens with one attached hydrogen (secondary N) is 1. The first-order chi connectivity index (χ1) is 13.8. The van der Waals surface area contributed by atoms with Crippen molar-refractivity contribution in [3.63, 3.8) is 0 Å². The molecule has 0 saturated carbocycles. The van der Waals surface area contributed by atoms with Crippen LogP contribution in [-0.2, 0) is 9.59 Å². The number of carbonyl (C=O) groups is 2. The number of aliphatic hydroxyl groups excluding tert-OH is 1. The maximum Gasteiger partial charge on any atom is 0.227 e. The molecule has 0 aliphatic carbocycles. The average molecular weight is 400 g/mol. The summed E-state index contributed by atoms with van der Waals surface area (Å²) in [5.41, 5.74) is 1.99. The number of ether oxygens (including phenoxy) is 1. The molecular weight excluding hydrogens is 375 g/mol. The van der Waals surface area contributed by atoms with Gasteiger partial charge in [-0.05, 0) is 49.2 Å². The Morgan fingerprint density at radius 2 is 2.03 bits per heavy atom. The van der Waals surface area contributed by atoms with Crippen LogP contribution < -0.4 is 15.0 Å². The Morgan fingerprint density at radius 1 is 1.28 bits per heavy atom. The lowest BCUT2D eigenvalue weighted by Crippen LogP contribution is -2.39. The average Bonchev–Trinajstić information content (AvgIpc) is 3.06. The zero-order chi connectivity index (χ0) is 21.0. The van der Waals surface area contributed by atoms with E-state index >= 15 is 0 Å². The minimum Gasteiger partial charge on any atom is -0.491 e. The molecule has 0 bridgehead atoms. The lowest BCUT2D eigenvalue weighted by molar-refractivity contribution is -0.126. The van der Waals surface area contributed by atoms with E-state index in [1.165, 1.54) is 11.0 Å². The van der Waals surface area contributed by atoms with Gasteiger partial charge in [0.15, 0.2) is 0 Å². The molecule has 0 radical (unpaired) electrons. The van der Waals surface area contributed by atoms with E-state index in [2.05, 4.69) is 5.32 Å². The van der Waals surface area contributed by atoms with Crippen molar-refractivity contribution in [2.75, 3.05) is 24.6 Å². The standard InChI is InChI=1S/C22H25FN2O4/c1-14-4-3-5-18(8-14)29-13-17(26)11-24-22(28)16-10-21(27)25(12-16)20-7-6-15(2)9-19(20)23/h3-9,16-17,26H,10-13H2,1-2H3,(H,24,28). The third-order valence-electron chi connectivity index (χ3n) is 4.83. The Morgan fingerprint density at radius 3 is 2.76 bits per heavy atom. The van der Waals surface area contributed by atoms with Gasteiger partial charge < -0.3 is 20.1 Å². The molecule has 6 nitrogen and oxygen atoms in total. The van der Waals surface area contributed by atoms with E-state index < -0.39 is 17.8 Å². The summed E-state index contributed by atoms with van der Waals surface area (Å²) in [5, 5.41) is 12.7. The monoisotopic (exact) mass is 400 g/mol. The Balaban J connectivity index is 1.49. The Kier molecular flexibility index (Phi) is 6.49. The van der Waals surface area contributed by atoms with Gasteiger partial charge in [-0.2, -0.15) is 0 Å². The van der Waals surface area contributed by atoms with Gasteiger partial charge in [-0.25, -0.2) is 4.39 Å². The SMILES string of the molecule is Cc1cccc(OCC(O)CNC(=O)C2CC(=O)N(c3ccc(C)cc3F)C2)c1. The first kappa shape index (κ1) is 20.8. The smallest absolute Gasteiger partial charge is 0.227 e. The van der Waals surface area contributed by atoms with Gasteiger partial charge in [0, 0.05) is 19.5 Å². The summed E-state index contributed by atoms with van der Waals surface area (Å²) in [6.07, 6.45) is -0.878. The van der Waals surface area contributed by atoms with Crippen LogP contribution in [0.5, 0.6) is 5.75 Å². The fraction of sp³-hybridized carbons (Fsp3) is 0.364. The number of carbonyl (C=O) groups excluding carboxylic acids is 2. The molecule has 2 N–H and O–H groups in total. The Hall–Kier alpha value is -2.93.